The zero-order valence-corrected chi connectivity index (χ0v) is 11.6. The largest absolute Gasteiger partial charge is 0.399 e. The van der Waals surface area contributed by atoms with Crippen molar-refractivity contribution in [2.24, 2.45) is 7.05 Å². The number of rotatable bonds is 3. The van der Waals surface area contributed by atoms with Gasteiger partial charge in [0.1, 0.15) is 0 Å². The van der Waals surface area contributed by atoms with Gasteiger partial charge in [-0.05, 0) is 30.3 Å². The molecule has 1 heterocycles. The molecule has 2 rings (SSSR count). The average molecular weight is 308 g/mol. The van der Waals surface area contributed by atoms with E-state index in [1.165, 1.54) is 0 Å². The fraction of sp³-hybridized carbons (Fsp3) is 0.154. The van der Waals surface area contributed by atoms with Crippen molar-refractivity contribution in [3.8, 4) is 0 Å². The number of carbonyl (C=O) groups is 1. The van der Waals surface area contributed by atoms with Crippen molar-refractivity contribution < 1.29 is 4.79 Å². The first-order chi connectivity index (χ1) is 8.56. The lowest BCUT2D eigenvalue weighted by Gasteiger charge is -2.07. The Bertz CT molecular complexity index is 557. The van der Waals surface area contributed by atoms with Crippen LogP contribution in [0, 0.1) is 0 Å². The summed E-state index contributed by atoms with van der Waals surface area (Å²) in [5.41, 5.74) is 7.86. The number of hydrogen-bond donors (Lipinski definition) is 2. The van der Waals surface area contributed by atoms with Gasteiger partial charge < -0.3 is 15.6 Å². The summed E-state index contributed by atoms with van der Waals surface area (Å²) in [7, 11) is 1.94. The molecular weight excluding hydrogens is 294 g/mol. The summed E-state index contributed by atoms with van der Waals surface area (Å²) in [5.74, 6) is -0.135. The van der Waals surface area contributed by atoms with Crippen molar-refractivity contribution >= 4 is 27.5 Å². The van der Waals surface area contributed by atoms with Gasteiger partial charge in [-0.1, -0.05) is 15.9 Å². The van der Waals surface area contributed by atoms with Gasteiger partial charge in [0.25, 0.3) is 5.91 Å². The number of halogens is 1. The van der Waals surface area contributed by atoms with Crippen molar-refractivity contribution in [1.29, 1.82) is 0 Å². The molecule has 0 unspecified atom stereocenters. The molecule has 0 fully saturated rings. The maximum atomic E-state index is 12.0. The summed E-state index contributed by atoms with van der Waals surface area (Å²) in [6, 6.07) is 9.07. The number of aryl methyl sites for hydroxylation is 1. The number of nitrogens with two attached hydrogens (primary N) is 1. The predicted molar refractivity (Wildman–Crippen MR) is 75.1 cm³/mol. The molecule has 0 bridgehead atoms. The summed E-state index contributed by atoms with van der Waals surface area (Å²) in [5, 5.41) is 2.86. The molecule has 0 saturated carbocycles. The highest BCUT2D eigenvalue weighted by Crippen LogP contribution is 2.17. The van der Waals surface area contributed by atoms with Crippen LogP contribution in [0.15, 0.2) is 41.0 Å². The number of aromatic nitrogens is 1. The van der Waals surface area contributed by atoms with E-state index < -0.39 is 0 Å². The summed E-state index contributed by atoms with van der Waals surface area (Å²) in [6.45, 7) is 0.495. The zero-order chi connectivity index (χ0) is 13.1. The Labute approximate surface area is 114 Å². The van der Waals surface area contributed by atoms with Crippen LogP contribution in [-0.2, 0) is 13.6 Å². The molecule has 18 heavy (non-hydrogen) atoms. The monoisotopic (exact) mass is 307 g/mol. The van der Waals surface area contributed by atoms with Gasteiger partial charge in [0.05, 0.1) is 6.54 Å². The summed E-state index contributed by atoms with van der Waals surface area (Å²) in [4.78, 5) is 12.0. The number of nitrogens with one attached hydrogen (secondary N) is 1. The van der Waals surface area contributed by atoms with Gasteiger partial charge in [0.15, 0.2) is 0 Å². The van der Waals surface area contributed by atoms with E-state index in [0.29, 0.717) is 17.8 Å². The molecule has 1 amide bonds. The van der Waals surface area contributed by atoms with E-state index in [2.05, 4.69) is 21.2 Å². The third-order valence-electron chi connectivity index (χ3n) is 2.66. The number of hydrogen-bond acceptors (Lipinski definition) is 2. The zero-order valence-electron chi connectivity index (χ0n) is 9.98. The fourth-order valence-electron chi connectivity index (χ4n) is 1.70. The molecule has 0 spiro atoms. The van der Waals surface area contributed by atoms with Crippen LogP contribution in [-0.4, -0.2) is 10.5 Å². The molecule has 0 aliphatic rings. The van der Waals surface area contributed by atoms with Gasteiger partial charge in [0.2, 0.25) is 0 Å². The number of nitrogens with zero attached hydrogens (tertiary/aromatic N) is 1. The Balaban J connectivity index is 2.06. The third-order valence-corrected chi connectivity index (χ3v) is 3.12. The lowest BCUT2D eigenvalue weighted by atomic mass is 10.2. The van der Waals surface area contributed by atoms with Crippen LogP contribution in [0.1, 0.15) is 16.1 Å². The third kappa shape index (κ3) is 2.92. The quantitative estimate of drug-likeness (QED) is 0.855. The standard InChI is InChI=1S/C13H14BrN3O/c1-17-4-2-3-12(17)8-16-13(18)9-5-10(14)7-11(15)6-9/h2-7H,8,15H2,1H3,(H,16,18). The minimum Gasteiger partial charge on any atom is -0.399 e. The van der Waals surface area contributed by atoms with Gasteiger partial charge in [-0.15, -0.1) is 0 Å². The Hall–Kier alpha value is -1.75. The fourth-order valence-corrected chi connectivity index (χ4v) is 2.21. The van der Waals surface area contributed by atoms with E-state index in [9.17, 15) is 4.79 Å². The maximum Gasteiger partial charge on any atom is 0.251 e. The number of benzene rings is 1. The second-order valence-corrected chi connectivity index (χ2v) is 4.98. The van der Waals surface area contributed by atoms with Crippen LogP contribution in [0.2, 0.25) is 0 Å². The van der Waals surface area contributed by atoms with Crippen LogP contribution >= 0.6 is 15.9 Å². The molecule has 1 aromatic heterocycles. The van der Waals surface area contributed by atoms with Crippen molar-refractivity contribution in [1.82, 2.24) is 9.88 Å². The van der Waals surface area contributed by atoms with Crippen molar-refractivity contribution in [3.05, 3.63) is 52.3 Å². The first-order valence-corrected chi connectivity index (χ1v) is 6.30. The van der Waals surface area contributed by atoms with Crippen LogP contribution in [0.25, 0.3) is 0 Å². The topological polar surface area (TPSA) is 60.0 Å². The van der Waals surface area contributed by atoms with Crippen LogP contribution in [0.4, 0.5) is 5.69 Å². The second-order valence-electron chi connectivity index (χ2n) is 4.07. The van der Waals surface area contributed by atoms with E-state index in [0.717, 1.165) is 10.2 Å². The van der Waals surface area contributed by atoms with Crippen LogP contribution < -0.4 is 11.1 Å². The first kappa shape index (κ1) is 12.7. The van der Waals surface area contributed by atoms with Crippen molar-refractivity contribution in [2.45, 2.75) is 6.54 Å². The van der Waals surface area contributed by atoms with Crippen molar-refractivity contribution in [3.63, 3.8) is 0 Å². The van der Waals surface area contributed by atoms with E-state index in [-0.39, 0.29) is 5.91 Å². The van der Waals surface area contributed by atoms with Crippen LogP contribution in [0.3, 0.4) is 0 Å². The first-order valence-electron chi connectivity index (χ1n) is 5.51. The second kappa shape index (κ2) is 5.27. The highest BCUT2D eigenvalue weighted by atomic mass is 79.9. The molecule has 0 aliphatic carbocycles. The maximum absolute atomic E-state index is 12.0. The van der Waals surface area contributed by atoms with Gasteiger partial charge in [-0.25, -0.2) is 0 Å². The Morgan fingerprint density at radius 2 is 2.22 bits per heavy atom. The molecule has 0 saturated heterocycles. The number of amides is 1. The molecule has 0 aliphatic heterocycles. The van der Waals surface area contributed by atoms with Gasteiger partial charge >= 0.3 is 0 Å². The van der Waals surface area contributed by atoms with E-state index in [1.807, 2.05) is 29.9 Å². The van der Waals surface area contributed by atoms with Gasteiger partial charge in [0, 0.05) is 34.7 Å². The van der Waals surface area contributed by atoms with Gasteiger partial charge in [-0.3, -0.25) is 4.79 Å². The number of carbonyl (C=O) groups excluding carboxylic acids is 1. The molecule has 1 aromatic carbocycles. The Morgan fingerprint density at radius 3 is 2.83 bits per heavy atom. The van der Waals surface area contributed by atoms with Crippen LogP contribution in [0.5, 0.6) is 0 Å². The Kier molecular flexibility index (Phi) is 3.72. The SMILES string of the molecule is Cn1cccc1CNC(=O)c1cc(N)cc(Br)c1. The highest BCUT2D eigenvalue weighted by Gasteiger charge is 2.07. The normalized spacial score (nSPS) is 10.3. The molecule has 94 valence electrons. The summed E-state index contributed by atoms with van der Waals surface area (Å²) >= 11 is 3.32. The smallest absolute Gasteiger partial charge is 0.251 e. The van der Waals surface area contributed by atoms with E-state index in [1.54, 1.807) is 18.2 Å². The number of nitrogen functional groups attached to an aromatic ring is 1. The lowest BCUT2D eigenvalue weighted by molar-refractivity contribution is 0.0950. The van der Waals surface area contributed by atoms with Gasteiger partial charge in [-0.2, -0.15) is 0 Å². The number of anilines is 1. The molecule has 0 atom stereocenters. The minimum absolute atomic E-state index is 0.135. The Morgan fingerprint density at radius 1 is 1.44 bits per heavy atom. The molecule has 3 N–H and O–H groups in total. The van der Waals surface area contributed by atoms with Crippen molar-refractivity contribution in [2.75, 3.05) is 5.73 Å². The molecule has 4 nitrogen and oxygen atoms in total. The summed E-state index contributed by atoms with van der Waals surface area (Å²) in [6.07, 6.45) is 1.94. The molecule has 0 radical (unpaired) electrons. The average Bonchev–Trinajstić information content (AvgIpc) is 2.70. The predicted octanol–water partition coefficient (Wildman–Crippen LogP) is 2.30. The highest BCUT2D eigenvalue weighted by molar-refractivity contribution is 9.10. The minimum atomic E-state index is -0.135. The summed E-state index contributed by atoms with van der Waals surface area (Å²) < 4.78 is 2.77. The molecule has 5 heteroatoms. The molecule has 2 aromatic rings. The molecular formula is C13H14BrN3O. The lowest BCUT2D eigenvalue weighted by Crippen LogP contribution is -2.23. The van der Waals surface area contributed by atoms with E-state index >= 15 is 0 Å². The van der Waals surface area contributed by atoms with E-state index in [4.69, 9.17) is 5.73 Å².